The quantitative estimate of drug-likeness (QED) is 0.336. The van der Waals surface area contributed by atoms with Gasteiger partial charge in [0.2, 0.25) is 5.91 Å². The minimum Gasteiger partial charge on any atom is -0.350 e. The standard InChI is InChI=1S/C28H30F3N3O/c1-20(34(28(29,30)31)16-15-24-7-2-3-8-25(24)19-34)23-10-12-26(13-11-23)33-27(35)14-9-21-5-4-6-22(17-21)18-32/h2-9,14,17,20,23,26H,10-13,15-16,19H2,1H3/p+1. The van der Waals surface area contributed by atoms with E-state index >= 15 is 0 Å². The predicted molar refractivity (Wildman–Crippen MR) is 129 cm³/mol. The molecular formula is C28H31F3N3O+. The number of carbonyl (C=O) groups excluding carboxylic acids is 1. The molecule has 7 heteroatoms. The van der Waals surface area contributed by atoms with Crippen LogP contribution in [0.25, 0.3) is 6.08 Å². The molecule has 1 aliphatic heterocycles. The molecule has 184 valence electrons. The number of hydrogen-bond acceptors (Lipinski definition) is 2. The van der Waals surface area contributed by atoms with Gasteiger partial charge in [-0.25, -0.2) is 4.48 Å². The highest BCUT2D eigenvalue weighted by Gasteiger charge is 2.60. The maximum absolute atomic E-state index is 14.5. The number of nitrogens with one attached hydrogen (secondary N) is 1. The van der Waals surface area contributed by atoms with E-state index in [0.717, 1.165) is 16.7 Å². The van der Waals surface area contributed by atoms with Gasteiger partial charge in [0.05, 0.1) is 24.2 Å². The molecule has 1 N–H and O–H groups in total. The van der Waals surface area contributed by atoms with Gasteiger partial charge in [-0.05, 0) is 61.9 Å². The first-order valence-corrected chi connectivity index (χ1v) is 12.2. The molecule has 1 saturated carbocycles. The summed E-state index contributed by atoms with van der Waals surface area (Å²) in [4.78, 5) is 12.4. The Morgan fingerprint density at radius 2 is 1.83 bits per heavy atom. The highest BCUT2D eigenvalue weighted by Crippen LogP contribution is 2.44. The number of halogens is 3. The van der Waals surface area contributed by atoms with Crippen molar-refractivity contribution in [3.8, 4) is 6.07 Å². The molecule has 2 atom stereocenters. The fourth-order valence-electron chi connectivity index (χ4n) is 5.74. The van der Waals surface area contributed by atoms with Crippen LogP contribution in [0.2, 0.25) is 0 Å². The van der Waals surface area contributed by atoms with Crippen LogP contribution in [0.4, 0.5) is 13.2 Å². The van der Waals surface area contributed by atoms with Gasteiger partial charge in [0.15, 0.2) is 0 Å². The molecule has 0 saturated heterocycles. The number of hydrogen-bond donors (Lipinski definition) is 1. The van der Waals surface area contributed by atoms with Crippen LogP contribution in [-0.4, -0.2) is 35.3 Å². The molecule has 0 radical (unpaired) electrons. The lowest BCUT2D eigenvalue weighted by Gasteiger charge is -2.49. The molecular weight excluding hydrogens is 451 g/mol. The van der Waals surface area contributed by atoms with Gasteiger partial charge in [0.1, 0.15) is 6.54 Å². The van der Waals surface area contributed by atoms with Crippen molar-refractivity contribution in [2.75, 3.05) is 6.54 Å². The van der Waals surface area contributed by atoms with Crippen LogP contribution in [0.15, 0.2) is 54.6 Å². The van der Waals surface area contributed by atoms with Crippen LogP contribution < -0.4 is 5.32 Å². The Balaban J connectivity index is 1.36. The van der Waals surface area contributed by atoms with Gasteiger partial charge in [0, 0.05) is 30.0 Å². The summed E-state index contributed by atoms with van der Waals surface area (Å²) in [5.74, 6) is -0.269. The van der Waals surface area contributed by atoms with E-state index in [2.05, 4.69) is 11.4 Å². The number of alkyl halides is 3. The smallest absolute Gasteiger partial charge is 0.350 e. The largest absolute Gasteiger partial charge is 0.561 e. The third kappa shape index (κ3) is 5.43. The van der Waals surface area contributed by atoms with Gasteiger partial charge in [-0.3, -0.25) is 4.79 Å². The van der Waals surface area contributed by atoms with E-state index in [4.69, 9.17) is 5.26 Å². The van der Waals surface area contributed by atoms with E-state index in [1.54, 1.807) is 31.2 Å². The van der Waals surface area contributed by atoms with E-state index in [-0.39, 0.29) is 31.0 Å². The van der Waals surface area contributed by atoms with Gasteiger partial charge in [0.25, 0.3) is 0 Å². The van der Waals surface area contributed by atoms with Gasteiger partial charge in [-0.15, -0.1) is 13.2 Å². The Hall–Kier alpha value is -3.11. The second kappa shape index (κ2) is 10.2. The molecule has 4 nitrogen and oxygen atoms in total. The molecule has 1 fully saturated rings. The Morgan fingerprint density at radius 3 is 2.51 bits per heavy atom. The lowest BCUT2D eigenvalue weighted by molar-refractivity contribution is -1.06. The first-order valence-electron chi connectivity index (χ1n) is 12.2. The molecule has 2 aromatic rings. The van der Waals surface area contributed by atoms with Crippen LogP contribution in [-0.2, 0) is 17.8 Å². The summed E-state index contributed by atoms with van der Waals surface area (Å²) in [7, 11) is 0. The van der Waals surface area contributed by atoms with E-state index < -0.39 is 16.8 Å². The van der Waals surface area contributed by atoms with Crippen molar-refractivity contribution in [3.05, 3.63) is 76.9 Å². The second-order valence-corrected chi connectivity index (χ2v) is 9.83. The molecule has 0 bridgehead atoms. The molecule has 35 heavy (non-hydrogen) atoms. The van der Waals surface area contributed by atoms with Crippen molar-refractivity contribution < 1.29 is 22.4 Å². The zero-order valence-electron chi connectivity index (χ0n) is 19.9. The Bertz CT molecular complexity index is 1130. The van der Waals surface area contributed by atoms with E-state index in [0.29, 0.717) is 37.7 Å². The number of carbonyl (C=O) groups is 1. The van der Waals surface area contributed by atoms with Crippen LogP contribution >= 0.6 is 0 Å². The number of nitriles is 1. The van der Waals surface area contributed by atoms with E-state index in [9.17, 15) is 18.0 Å². The maximum atomic E-state index is 14.5. The Labute approximate surface area is 204 Å². The van der Waals surface area contributed by atoms with Gasteiger partial charge in [-0.1, -0.05) is 36.4 Å². The topological polar surface area (TPSA) is 52.9 Å². The zero-order valence-corrected chi connectivity index (χ0v) is 19.9. The maximum Gasteiger partial charge on any atom is 0.561 e. The highest BCUT2D eigenvalue weighted by molar-refractivity contribution is 5.91. The number of nitrogens with zero attached hydrogens (tertiary/aromatic N) is 2. The van der Waals surface area contributed by atoms with E-state index in [1.165, 1.54) is 6.08 Å². The number of quaternary nitrogens is 1. The lowest BCUT2D eigenvalue weighted by Crippen LogP contribution is -2.66. The first-order chi connectivity index (χ1) is 16.7. The van der Waals surface area contributed by atoms with Crippen molar-refractivity contribution in [1.29, 1.82) is 5.26 Å². The second-order valence-electron chi connectivity index (χ2n) is 9.83. The SMILES string of the molecule is CC(C1CCC(NC(=O)C=Cc2cccc(C#N)c2)CC1)[N+]1(C(F)(F)F)CCc2ccccc2C1. The van der Waals surface area contributed by atoms with Crippen LogP contribution in [0.3, 0.4) is 0 Å². The number of amides is 1. The average molecular weight is 483 g/mol. The normalized spacial score (nSPS) is 25.5. The molecule has 0 aromatic heterocycles. The molecule has 0 spiro atoms. The summed E-state index contributed by atoms with van der Waals surface area (Å²) in [6.07, 6.45) is 1.91. The minimum atomic E-state index is -4.31. The summed E-state index contributed by atoms with van der Waals surface area (Å²) in [5.41, 5.74) is 3.12. The molecule has 2 unspecified atom stereocenters. The average Bonchev–Trinajstić information content (AvgIpc) is 2.86. The number of benzene rings is 2. The molecule has 1 heterocycles. The third-order valence-electron chi connectivity index (χ3n) is 7.88. The van der Waals surface area contributed by atoms with Crippen molar-refractivity contribution in [2.24, 2.45) is 5.92 Å². The van der Waals surface area contributed by atoms with Crippen LogP contribution in [0.1, 0.15) is 54.9 Å². The van der Waals surface area contributed by atoms with Crippen molar-refractivity contribution in [3.63, 3.8) is 0 Å². The van der Waals surface area contributed by atoms with Gasteiger partial charge < -0.3 is 5.32 Å². The zero-order chi connectivity index (χ0) is 25.1. The van der Waals surface area contributed by atoms with Crippen molar-refractivity contribution in [1.82, 2.24) is 5.32 Å². The Morgan fingerprint density at radius 1 is 1.11 bits per heavy atom. The molecule has 1 amide bonds. The summed E-state index contributed by atoms with van der Waals surface area (Å²) in [6.45, 7) is 1.84. The molecule has 4 rings (SSSR count). The summed E-state index contributed by atoms with van der Waals surface area (Å²) in [6, 6.07) is 16.0. The third-order valence-corrected chi connectivity index (χ3v) is 7.88. The summed E-state index contributed by atoms with van der Waals surface area (Å²) in [5, 5.41) is 12.0. The highest BCUT2D eigenvalue weighted by atomic mass is 19.4. The van der Waals surface area contributed by atoms with Crippen molar-refractivity contribution in [2.45, 2.75) is 64.0 Å². The summed E-state index contributed by atoms with van der Waals surface area (Å²) >= 11 is 0. The number of rotatable bonds is 5. The summed E-state index contributed by atoms with van der Waals surface area (Å²) < 4.78 is 42.7. The van der Waals surface area contributed by atoms with Crippen molar-refractivity contribution >= 4 is 12.0 Å². The predicted octanol–water partition coefficient (Wildman–Crippen LogP) is 5.73. The van der Waals surface area contributed by atoms with Gasteiger partial charge >= 0.3 is 6.30 Å². The van der Waals surface area contributed by atoms with Crippen LogP contribution in [0, 0.1) is 17.2 Å². The minimum absolute atomic E-state index is 0.00466. The van der Waals surface area contributed by atoms with Crippen LogP contribution in [0.5, 0.6) is 0 Å². The lowest BCUT2D eigenvalue weighted by atomic mass is 9.79. The monoisotopic (exact) mass is 482 g/mol. The number of fused-ring (bicyclic) bond motifs is 1. The Kier molecular flexibility index (Phi) is 7.32. The first kappa shape index (κ1) is 25.0. The fourth-order valence-corrected chi connectivity index (χ4v) is 5.74. The molecule has 2 aliphatic rings. The molecule has 2 aromatic carbocycles. The van der Waals surface area contributed by atoms with E-state index in [1.807, 2.05) is 30.3 Å². The van der Waals surface area contributed by atoms with Gasteiger partial charge in [-0.2, -0.15) is 5.26 Å². The molecule has 1 aliphatic carbocycles. The fraction of sp³-hybridized carbons (Fsp3) is 0.429.